The number of rotatable bonds is 5. The summed E-state index contributed by atoms with van der Waals surface area (Å²) in [6.45, 7) is 9.86. The number of aliphatic hydroxyl groups excluding tert-OH is 1. The van der Waals surface area contributed by atoms with Gasteiger partial charge in [-0.25, -0.2) is 0 Å². The first-order chi connectivity index (χ1) is 13.7. The van der Waals surface area contributed by atoms with Crippen molar-refractivity contribution < 1.29 is 15.0 Å². The molecule has 3 heteroatoms. The lowest BCUT2D eigenvalue weighted by atomic mass is 9.42. The third-order valence-corrected chi connectivity index (χ3v) is 10.9. The standard InChI is InChI=1S/C26H44O3/c1-5-17-14-19-21-8-7-20(16(2)6-9-24(28)29)25(21,3)13-11-22(19)26(4)12-10-18(27)15-23(17)26/h16-23,27H,5-15H2,1-4H3,(H,28,29)/t16-,17+,18-,19+,20?,21+,22+,23?,25-,26-/m1/s1. The summed E-state index contributed by atoms with van der Waals surface area (Å²) in [6, 6.07) is 0. The molecule has 2 N–H and O–H groups in total. The highest BCUT2D eigenvalue weighted by Gasteiger charge is 2.62. The van der Waals surface area contributed by atoms with E-state index in [1.54, 1.807) is 0 Å². The Kier molecular flexibility index (Phi) is 5.86. The molecule has 0 radical (unpaired) electrons. The monoisotopic (exact) mass is 404 g/mol. The molecule has 0 aromatic carbocycles. The lowest BCUT2D eigenvalue weighted by Gasteiger charge is -2.63. The summed E-state index contributed by atoms with van der Waals surface area (Å²) in [7, 11) is 0. The molecule has 0 saturated heterocycles. The zero-order valence-corrected chi connectivity index (χ0v) is 19.2. The van der Waals surface area contributed by atoms with Crippen LogP contribution >= 0.6 is 0 Å². The van der Waals surface area contributed by atoms with Crippen molar-refractivity contribution in [2.75, 3.05) is 0 Å². The average Bonchev–Trinajstić information content (AvgIpc) is 3.03. The van der Waals surface area contributed by atoms with Gasteiger partial charge < -0.3 is 10.2 Å². The van der Waals surface area contributed by atoms with Crippen LogP contribution in [0.15, 0.2) is 0 Å². The second kappa shape index (κ2) is 7.84. The van der Waals surface area contributed by atoms with Gasteiger partial charge in [0, 0.05) is 6.42 Å². The van der Waals surface area contributed by atoms with Crippen LogP contribution in [-0.4, -0.2) is 22.3 Å². The molecule has 4 fully saturated rings. The molecule has 0 spiro atoms. The van der Waals surface area contributed by atoms with Gasteiger partial charge in [-0.05, 0) is 110 Å². The van der Waals surface area contributed by atoms with Crippen molar-refractivity contribution in [1.82, 2.24) is 0 Å². The molecule has 4 saturated carbocycles. The number of fused-ring (bicyclic) bond motifs is 5. The number of aliphatic hydroxyl groups is 1. The maximum atomic E-state index is 11.1. The van der Waals surface area contributed by atoms with Crippen LogP contribution in [0.4, 0.5) is 0 Å². The Morgan fingerprint density at radius 2 is 1.69 bits per heavy atom. The van der Waals surface area contributed by atoms with Crippen molar-refractivity contribution in [3.63, 3.8) is 0 Å². The molecule has 0 aromatic rings. The summed E-state index contributed by atoms with van der Waals surface area (Å²) < 4.78 is 0. The summed E-state index contributed by atoms with van der Waals surface area (Å²) in [6.07, 6.45) is 12.4. The quantitative estimate of drug-likeness (QED) is 0.578. The van der Waals surface area contributed by atoms with E-state index in [1.807, 2.05) is 0 Å². The minimum Gasteiger partial charge on any atom is -0.481 e. The number of carboxylic acid groups (broad SMARTS) is 1. The van der Waals surface area contributed by atoms with Crippen LogP contribution in [0.3, 0.4) is 0 Å². The van der Waals surface area contributed by atoms with Gasteiger partial charge in [-0.15, -0.1) is 0 Å². The van der Waals surface area contributed by atoms with Gasteiger partial charge in [0.25, 0.3) is 0 Å². The molecule has 4 rings (SSSR count). The van der Waals surface area contributed by atoms with E-state index in [9.17, 15) is 9.90 Å². The number of carboxylic acids is 1. The summed E-state index contributed by atoms with van der Waals surface area (Å²) >= 11 is 0. The number of hydrogen-bond acceptors (Lipinski definition) is 2. The molecule has 10 atom stereocenters. The SMILES string of the molecule is CC[C@H]1C[C@@H]2[C@H](CC[C@]3(C)C([C@H](C)CCC(=O)O)CC[C@@H]23)[C@@]2(C)CC[C@@H](O)CC12. The third kappa shape index (κ3) is 3.48. The Labute approximate surface area is 178 Å². The molecular formula is C26H44O3. The average molecular weight is 405 g/mol. The first kappa shape index (κ1) is 21.7. The fourth-order valence-corrected chi connectivity index (χ4v) is 9.46. The second-order valence-corrected chi connectivity index (χ2v) is 12.0. The Hall–Kier alpha value is -0.570. The van der Waals surface area contributed by atoms with Gasteiger partial charge in [0.2, 0.25) is 0 Å². The zero-order valence-electron chi connectivity index (χ0n) is 19.2. The molecule has 29 heavy (non-hydrogen) atoms. The summed E-state index contributed by atoms with van der Waals surface area (Å²) in [4.78, 5) is 11.1. The van der Waals surface area contributed by atoms with E-state index in [1.165, 1.54) is 44.9 Å². The van der Waals surface area contributed by atoms with E-state index in [2.05, 4.69) is 27.7 Å². The van der Waals surface area contributed by atoms with Crippen LogP contribution in [0.2, 0.25) is 0 Å². The van der Waals surface area contributed by atoms with Crippen molar-refractivity contribution in [2.45, 2.75) is 104 Å². The van der Waals surface area contributed by atoms with Crippen molar-refractivity contribution in [1.29, 1.82) is 0 Å². The highest BCUT2D eigenvalue weighted by atomic mass is 16.4. The van der Waals surface area contributed by atoms with Crippen molar-refractivity contribution >= 4 is 5.97 Å². The number of carbonyl (C=O) groups is 1. The van der Waals surface area contributed by atoms with Crippen LogP contribution in [0, 0.1) is 52.3 Å². The van der Waals surface area contributed by atoms with Crippen LogP contribution in [0.1, 0.15) is 98.3 Å². The fourth-order valence-electron chi connectivity index (χ4n) is 9.46. The van der Waals surface area contributed by atoms with Crippen molar-refractivity contribution in [3.05, 3.63) is 0 Å². The minimum atomic E-state index is -0.642. The molecule has 4 aliphatic carbocycles. The van der Waals surface area contributed by atoms with Gasteiger partial charge in [0.1, 0.15) is 0 Å². The number of aliphatic carboxylic acids is 1. The molecular weight excluding hydrogens is 360 g/mol. The minimum absolute atomic E-state index is 0.0709. The first-order valence-electron chi connectivity index (χ1n) is 12.6. The molecule has 0 aromatic heterocycles. The van der Waals surface area contributed by atoms with Crippen LogP contribution in [0.5, 0.6) is 0 Å². The predicted molar refractivity (Wildman–Crippen MR) is 116 cm³/mol. The molecule has 0 bridgehead atoms. The van der Waals surface area contributed by atoms with Gasteiger partial charge in [0.05, 0.1) is 6.10 Å². The summed E-state index contributed by atoms with van der Waals surface area (Å²) in [5.41, 5.74) is 0.839. The van der Waals surface area contributed by atoms with E-state index < -0.39 is 5.97 Å². The maximum Gasteiger partial charge on any atom is 0.303 e. The van der Waals surface area contributed by atoms with Crippen molar-refractivity contribution in [2.24, 2.45) is 52.3 Å². The molecule has 166 valence electrons. The Bertz CT molecular complexity index is 617. The number of hydrogen-bond donors (Lipinski definition) is 2. The van der Waals surface area contributed by atoms with E-state index in [-0.39, 0.29) is 6.10 Å². The van der Waals surface area contributed by atoms with Gasteiger partial charge in [0.15, 0.2) is 0 Å². The molecule has 3 nitrogen and oxygen atoms in total. The molecule has 2 unspecified atom stereocenters. The zero-order chi connectivity index (χ0) is 21.0. The van der Waals surface area contributed by atoms with Gasteiger partial charge in [-0.3, -0.25) is 4.79 Å². The lowest BCUT2D eigenvalue weighted by Crippen LogP contribution is -2.56. The van der Waals surface area contributed by atoms with Gasteiger partial charge in [-0.2, -0.15) is 0 Å². The molecule has 0 aliphatic heterocycles. The summed E-state index contributed by atoms with van der Waals surface area (Å²) in [5, 5.41) is 19.6. The van der Waals surface area contributed by atoms with Gasteiger partial charge >= 0.3 is 5.97 Å². The highest BCUT2D eigenvalue weighted by molar-refractivity contribution is 5.66. The Morgan fingerprint density at radius 3 is 2.38 bits per heavy atom. The molecule has 0 amide bonds. The van der Waals surface area contributed by atoms with E-state index in [4.69, 9.17) is 5.11 Å². The van der Waals surface area contributed by atoms with E-state index >= 15 is 0 Å². The Balaban J connectivity index is 1.57. The van der Waals surface area contributed by atoms with E-state index in [0.29, 0.717) is 35.0 Å². The first-order valence-corrected chi connectivity index (χ1v) is 12.6. The van der Waals surface area contributed by atoms with E-state index in [0.717, 1.165) is 42.9 Å². The Morgan fingerprint density at radius 1 is 1.00 bits per heavy atom. The molecule has 0 heterocycles. The van der Waals surface area contributed by atoms with Crippen LogP contribution in [-0.2, 0) is 4.79 Å². The summed E-state index contributed by atoms with van der Waals surface area (Å²) in [5.74, 6) is 4.60. The normalized spacial score (nSPS) is 50.3. The second-order valence-electron chi connectivity index (χ2n) is 12.0. The van der Waals surface area contributed by atoms with Crippen LogP contribution < -0.4 is 0 Å². The topological polar surface area (TPSA) is 57.5 Å². The largest absolute Gasteiger partial charge is 0.481 e. The van der Waals surface area contributed by atoms with Gasteiger partial charge in [-0.1, -0.05) is 34.1 Å². The maximum absolute atomic E-state index is 11.1. The smallest absolute Gasteiger partial charge is 0.303 e. The third-order valence-electron chi connectivity index (χ3n) is 10.9. The fraction of sp³-hybridized carbons (Fsp3) is 0.962. The lowest BCUT2D eigenvalue weighted by molar-refractivity contribution is -0.152. The van der Waals surface area contributed by atoms with Crippen LogP contribution in [0.25, 0.3) is 0 Å². The molecule has 4 aliphatic rings. The van der Waals surface area contributed by atoms with Crippen molar-refractivity contribution in [3.8, 4) is 0 Å². The predicted octanol–water partition coefficient (Wildman–Crippen LogP) is 6.14. The highest BCUT2D eigenvalue weighted by Crippen LogP contribution is 2.69.